The van der Waals surface area contributed by atoms with E-state index in [1.165, 1.54) is 4.90 Å². The molecule has 0 heterocycles. The fourth-order valence-electron chi connectivity index (χ4n) is 1.53. The number of amides is 1. The van der Waals surface area contributed by atoms with E-state index >= 15 is 0 Å². The molecule has 17 heavy (non-hydrogen) atoms. The third kappa shape index (κ3) is 2.84. The number of carbonyl (C=O) groups is 2. The van der Waals surface area contributed by atoms with E-state index in [1.54, 1.807) is 20.2 Å². The van der Waals surface area contributed by atoms with Gasteiger partial charge < -0.3 is 9.64 Å². The Bertz CT molecular complexity index is 427. The SMILES string of the molecule is COc1cc(C(C)C)ccc1N(C)C(=O)C=O. The highest BCUT2D eigenvalue weighted by Crippen LogP contribution is 2.30. The van der Waals surface area contributed by atoms with Crippen LogP contribution in [0.5, 0.6) is 5.75 Å². The molecule has 0 aliphatic rings. The van der Waals surface area contributed by atoms with Crippen molar-refractivity contribution in [3.8, 4) is 5.75 Å². The van der Waals surface area contributed by atoms with E-state index in [2.05, 4.69) is 13.8 Å². The molecule has 0 aliphatic carbocycles. The molecule has 1 aromatic carbocycles. The van der Waals surface area contributed by atoms with Gasteiger partial charge in [-0.05, 0) is 23.6 Å². The molecule has 4 nitrogen and oxygen atoms in total. The lowest BCUT2D eigenvalue weighted by Crippen LogP contribution is -2.27. The van der Waals surface area contributed by atoms with Gasteiger partial charge in [0.25, 0.3) is 5.91 Å². The molecule has 0 fully saturated rings. The number of benzene rings is 1. The van der Waals surface area contributed by atoms with Gasteiger partial charge in [0.05, 0.1) is 12.8 Å². The third-order valence-corrected chi connectivity index (χ3v) is 2.66. The normalized spacial score (nSPS) is 10.2. The molecule has 1 amide bonds. The molecule has 0 bridgehead atoms. The Balaban J connectivity index is 3.16. The van der Waals surface area contributed by atoms with Crippen LogP contribution in [0.1, 0.15) is 25.3 Å². The minimum absolute atomic E-state index is 0.287. The number of methoxy groups -OCH3 is 1. The van der Waals surface area contributed by atoms with Gasteiger partial charge in [-0.1, -0.05) is 19.9 Å². The van der Waals surface area contributed by atoms with Gasteiger partial charge >= 0.3 is 0 Å². The maximum atomic E-state index is 11.3. The van der Waals surface area contributed by atoms with Crippen LogP contribution in [0.2, 0.25) is 0 Å². The van der Waals surface area contributed by atoms with E-state index in [0.29, 0.717) is 17.4 Å². The Hall–Kier alpha value is -1.84. The summed E-state index contributed by atoms with van der Waals surface area (Å²) < 4.78 is 5.24. The van der Waals surface area contributed by atoms with Crippen LogP contribution in [0.4, 0.5) is 5.69 Å². The summed E-state index contributed by atoms with van der Waals surface area (Å²) in [5, 5.41) is 0. The first-order valence-corrected chi connectivity index (χ1v) is 5.42. The molecule has 4 heteroatoms. The molecular weight excluding hydrogens is 218 g/mol. The van der Waals surface area contributed by atoms with E-state index in [-0.39, 0.29) is 6.29 Å². The quantitative estimate of drug-likeness (QED) is 0.592. The number of anilines is 1. The number of likely N-dealkylation sites (N-methyl/N-ethyl adjacent to an activating group) is 1. The van der Waals surface area contributed by atoms with Gasteiger partial charge in [0, 0.05) is 7.05 Å². The molecule has 0 spiro atoms. The number of rotatable bonds is 4. The summed E-state index contributed by atoms with van der Waals surface area (Å²) >= 11 is 0. The second-order valence-corrected chi connectivity index (χ2v) is 4.10. The summed E-state index contributed by atoms with van der Waals surface area (Å²) in [5.74, 6) is 0.375. The van der Waals surface area contributed by atoms with Gasteiger partial charge in [-0.3, -0.25) is 9.59 Å². The van der Waals surface area contributed by atoms with Crippen molar-refractivity contribution in [2.24, 2.45) is 0 Å². The molecule has 0 saturated carbocycles. The van der Waals surface area contributed by atoms with Crippen LogP contribution in [0, 0.1) is 0 Å². The molecule has 0 N–H and O–H groups in total. The summed E-state index contributed by atoms with van der Waals surface area (Å²) in [6.45, 7) is 4.16. The highest BCUT2D eigenvalue weighted by Gasteiger charge is 2.15. The van der Waals surface area contributed by atoms with Crippen molar-refractivity contribution in [3.05, 3.63) is 23.8 Å². The first kappa shape index (κ1) is 13.2. The predicted octanol–water partition coefficient (Wildman–Crippen LogP) is 1.98. The van der Waals surface area contributed by atoms with E-state index in [0.717, 1.165) is 5.56 Å². The summed E-state index contributed by atoms with van der Waals surface area (Å²) in [4.78, 5) is 23.0. The molecule has 0 atom stereocenters. The third-order valence-electron chi connectivity index (χ3n) is 2.66. The highest BCUT2D eigenvalue weighted by atomic mass is 16.5. The maximum absolute atomic E-state index is 11.3. The van der Waals surface area contributed by atoms with Gasteiger partial charge in [-0.25, -0.2) is 0 Å². The number of hydrogen-bond donors (Lipinski definition) is 0. The maximum Gasteiger partial charge on any atom is 0.290 e. The molecule has 1 aromatic rings. The summed E-state index contributed by atoms with van der Waals surface area (Å²) in [6.07, 6.45) is 0.287. The van der Waals surface area contributed by atoms with Crippen LogP contribution < -0.4 is 9.64 Å². The zero-order valence-corrected chi connectivity index (χ0v) is 10.6. The van der Waals surface area contributed by atoms with Crippen molar-refractivity contribution < 1.29 is 14.3 Å². The van der Waals surface area contributed by atoms with Gasteiger partial charge in [0.15, 0.2) is 0 Å². The summed E-state index contributed by atoms with van der Waals surface area (Å²) in [6, 6.07) is 5.60. The Morgan fingerprint density at radius 3 is 2.53 bits per heavy atom. The van der Waals surface area contributed by atoms with Crippen LogP contribution in [0.15, 0.2) is 18.2 Å². The Kier molecular flexibility index (Phi) is 4.26. The van der Waals surface area contributed by atoms with Crippen LogP contribution in [0.3, 0.4) is 0 Å². The average Bonchev–Trinajstić information content (AvgIpc) is 2.35. The Labute approximate surface area is 101 Å². The standard InChI is InChI=1S/C13H17NO3/c1-9(2)10-5-6-11(12(7-10)17-4)14(3)13(16)8-15/h5-9H,1-4H3. The largest absolute Gasteiger partial charge is 0.495 e. The van der Waals surface area contributed by atoms with Crippen LogP contribution in [-0.2, 0) is 9.59 Å². The number of carbonyl (C=O) groups excluding carboxylic acids is 2. The summed E-state index contributed by atoms with van der Waals surface area (Å²) in [7, 11) is 3.09. The number of hydrogen-bond acceptors (Lipinski definition) is 3. The fourth-order valence-corrected chi connectivity index (χ4v) is 1.53. The zero-order chi connectivity index (χ0) is 13.0. The van der Waals surface area contributed by atoms with Crippen molar-refractivity contribution >= 4 is 17.9 Å². The smallest absolute Gasteiger partial charge is 0.290 e. The molecule has 0 radical (unpaired) electrons. The second-order valence-electron chi connectivity index (χ2n) is 4.10. The topological polar surface area (TPSA) is 46.6 Å². The summed E-state index contributed by atoms with van der Waals surface area (Å²) in [5.41, 5.74) is 1.71. The van der Waals surface area contributed by atoms with Crippen LogP contribution in [0.25, 0.3) is 0 Å². The van der Waals surface area contributed by atoms with E-state index in [9.17, 15) is 9.59 Å². The molecular formula is C13H17NO3. The molecule has 0 saturated heterocycles. The number of ether oxygens (including phenoxy) is 1. The van der Waals surface area contributed by atoms with Crippen molar-refractivity contribution in [2.45, 2.75) is 19.8 Å². The lowest BCUT2D eigenvalue weighted by Gasteiger charge is -2.19. The average molecular weight is 235 g/mol. The number of nitrogens with zero attached hydrogens (tertiary/aromatic N) is 1. The second kappa shape index (κ2) is 5.48. The lowest BCUT2D eigenvalue weighted by atomic mass is 10.0. The minimum Gasteiger partial charge on any atom is -0.495 e. The van der Waals surface area contributed by atoms with Crippen molar-refractivity contribution in [1.82, 2.24) is 0 Å². The fraction of sp³-hybridized carbons (Fsp3) is 0.385. The van der Waals surface area contributed by atoms with E-state index in [4.69, 9.17) is 4.74 Å². The van der Waals surface area contributed by atoms with Gasteiger partial charge in [-0.15, -0.1) is 0 Å². The van der Waals surface area contributed by atoms with Crippen LogP contribution >= 0.6 is 0 Å². The van der Waals surface area contributed by atoms with E-state index in [1.807, 2.05) is 12.1 Å². The molecule has 0 aromatic heterocycles. The monoisotopic (exact) mass is 235 g/mol. The first-order valence-electron chi connectivity index (χ1n) is 5.42. The number of aldehydes is 1. The molecule has 0 unspecified atom stereocenters. The van der Waals surface area contributed by atoms with Crippen molar-refractivity contribution in [1.29, 1.82) is 0 Å². The lowest BCUT2D eigenvalue weighted by molar-refractivity contribution is -0.129. The van der Waals surface area contributed by atoms with Gasteiger partial charge in [-0.2, -0.15) is 0 Å². The van der Waals surface area contributed by atoms with Crippen molar-refractivity contribution in [3.63, 3.8) is 0 Å². The predicted molar refractivity (Wildman–Crippen MR) is 66.6 cm³/mol. The minimum atomic E-state index is -0.597. The first-order chi connectivity index (χ1) is 8.01. The molecule has 92 valence electrons. The Morgan fingerprint density at radius 2 is 2.06 bits per heavy atom. The molecule has 0 aliphatic heterocycles. The van der Waals surface area contributed by atoms with Gasteiger partial charge in [0.1, 0.15) is 5.75 Å². The van der Waals surface area contributed by atoms with Crippen molar-refractivity contribution in [2.75, 3.05) is 19.1 Å². The van der Waals surface area contributed by atoms with E-state index < -0.39 is 5.91 Å². The Morgan fingerprint density at radius 1 is 1.41 bits per heavy atom. The zero-order valence-electron chi connectivity index (χ0n) is 10.6. The highest BCUT2D eigenvalue weighted by molar-refractivity contribution is 6.30. The van der Waals surface area contributed by atoms with Crippen LogP contribution in [-0.4, -0.2) is 26.4 Å². The molecule has 1 rings (SSSR count). The van der Waals surface area contributed by atoms with Gasteiger partial charge in [0.2, 0.25) is 6.29 Å².